The van der Waals surface area contributed by atoms with Crippen LogP contribution in [0.25, 0.3) is 0 Å². The number of amides is 1. The second-order valence-electron chi connectivity index (χ2n) is 11.1. The van der Waals surface area contributed by atoms with Crippen molar-refractivity contribution in [2.24, 2.45) is 11.8 Å². The highest BCUT2D eigenvalue weighted by molar-refractivity contribution is 5.79. The minimum atomic E-state index is -0.809. The fourth-order valence-electron chi connectivity index (χ4n) is 5.45. The molecule has 1 saturated carbocycles. The van der Waals surface area contributed by atoms with Gasteiger partial charge in [0.15, 0.2) is 11.5 Å². The smallest absolute Gasteiger partial charge is 0.227 e. The van der Waals surface area contributed by atoms with Crippen LogP contribution >= 0.6 is 0 Å². The van der Waals surface area contributed by atoms with Gasteiger partial charge in [0.1, 0.15) is 6.23 Å². The molecule has 0 bridgehead atoms. The van der Waals surface area contributed by atoms with E-state index in [0.717, 1.165) is 43.6 Å². The second-order valence-corrected chi connectivity index (χ2v) is 11.1. The molecule has 2 aromatic rings. The number of aliphatic hydroxyl groups excluding tert-OH is 2. The molecule has 4 rings (SSSR count). The molecule has 1 heterocycles. The first-order chi connectivity index (χ1) is 18.9. The van der Waals surface area contributed by atoms with Gasteiger partial charge in [-0.05, 0) is 68.3 Å². The molecular formula is C31H45N3O5. The summed E-state index contributed by atoms with van der Waals surface area (Å²) >= 11 is 0. The average Bonchev–Trinajstić information content (AvgIpc) is 3.68. The van der Waals surface area contributed by atoms with Gasteiger partial charge in [-0.3, -0.25) is 9.69 Å². The van der Waals surface area contributed by atoms with Crippen LogP contribution in [0.15, 0.2) is 48.5 Å². The van der Waals surface area contributed by atoms with Crippen LogP contribution in [0.3, 0.4) is 0 Å². The van der Waals surface area contributed by atoms with E-state index in [0.29, 0.717) is 55.4 Å². The van der Waals surface area contributed by atoms with Gasteiger partial charge in [-0.25, -0.2) is 0 Å². The first kappa shape index (κ1) is 29.3. The summed E-state index contributed by atoms with van der Waals surface area (Å²) in [6.45, 7) is 7.83. The molecule has 1 aliphatic carbocycles. The third kappa shape index (κ3) is 7.94. The van der Waals surface area contributed by atoms with E-state index in [1.165, 1.54) is 0 Å². The van der Waals surface area contributed by atoms with E-state index >= 15 is 0 Å². The molecule has 0 radical (unpaired) electrons. The number of methoxy groups -OCH3 is 1. The van der Waals surface area contributed by atoms with Crippen molar-refractivity contribution in [3.8, 4) is 11.5 Å². The molecule has 2 aromatic carbocycles. The van der Waals surface area contributed by atoms with Crippen LogP contribution in [-0.4, -0.2) is 84.5 Å². The lowest BCUT2D eigenvalue weighted by atomic mass is 9.93. The quantitative estimate of drug-likeness (QED) is 0.236. The number of hydrogen-bond donors (Lipinski definition) is 3. The summed E-state index contributed by atoms with van der Waals surface area (Å²) < 4.78 is 11.3. The number of hydrogen-bond acceptors (Lipinski definition) is 7. The van der Waals surface area contributed by atoms with Gasteiger partial charge in [-0.15, -0.1) is 0 Å². The van der Waals surface area contributed by atoms with Crippen molar-refractivity contribution in [2.45, 2.75) is 57.8 Å². The Morgan fingerprint density at radius 3 is 2.41 bits per heavy atom. The molecule has 2 fully saturated rings. The minimum Gasteiger partial charge on any atom is -0.493 e. The predicted octanol–water partition coefficient (Wildman–Crippen LogP) is 3.23. The second kappa shape index (κ2) is 14.1. The summed E-state index contributed by atoms with van der Waals surface area (Å²) in [7, 11) is 1.59. The Morgan fingerprint density at radius 2 is 1.77 bits per heavy atom. The molecule has 1 saturated heterocycles. The summed E-state index contributed by atoms with van der Waals surface area (Å²) in [5.74, 6) is 2.00. The Bertz CT molecular complexity index is 1050. The predicted molar refractivity (Wildman–Crippen MR) is 152 cm³/mol. The number of nitrogens with zero attached hydrogens (tertiary/aromatic N) is 2. The zero-order valence-electron chi connectivity index (χ0n) is 23.6. The molecule has 1 amide bonds. The molecule has 214 valence electrons. The van der Waals surface area contributed by atoms with Crippen molar-refractivity contribution in [1.82, 2.24) is 15.1 Å². The number of aliphatic hydroxyl groups is 2. The number of benzene rings is 2. The van der Waals surface area contributed by atoms with Crippen molar-refractivity contribution in [2.75, 3.05) is 46.5 Å². The lowest BCUT2D eigenvalue weighted by molar-refractivity contribution is -0.132. The highest BCUT2D eigenvalue weighted by Crippen LogP contribution is 2.34. The Balaban J connectivity index is 1.43. The molecular weight excluding hydrogens is 494 g/mol. The molecule has 39 heavy (non-hydrogen) atoms. The van der Waals surface area contributed by atoms with E-state index < -0.39 is 6.23 Å². The van der Waals surface area contributed by atoms with E-state index in [1.807, 2.05) is 48.5 Å². The monoisotopic (exact) mass is 539 g/mol. The van der Waals surface area contributed by atoms with Crippen molar-refractivity contribution in [3.63, 3.8) is 0 Å². The van der Waals surface area contributed by atoms with Gasteiger partial charge in [-0.2, -0.15) is 0 Å². The van der Waals surface area contributed by atoms with Crippen molar-refractivity contribution < 1.29 is 24.5 Å². The topological polar surface area (TPSA) is 94.5 Å². The van der Waals surface area contributed by atoms with Crippen LogP contribution in [0, 0.1) is 11.8 Å². The number of carbonyl (C=O) groups excluding carboxylic acids is 1. The van der Waals surface area contributed by atoms with E-state index in [2.05, 4.69) is 29.0 Å². The maximum absolute atomic E-state index is 13.3. The summed E-state index contributed by atoms with van der Waals surface area (Å²) in [6, 6.07) is 16.0. The van der Waals surface area contributed by atoms with Crippen molar-refractivity contribution in [1.29, 1.82) is 0 Å². The van der Waals surface area contributed by atoms with Gasteiger partial charge in [0.2, 0.25) is 5.91 Å². The van der Waals surface area contributed by atoms with Gasteiger partial charge >= 0.3 is 0 Å². The lowest BCUT2D eigenvalue weighted by Gasteiger charge is -2.36. The Labute approximate surface area is 232 Å². The maximum Gasteiger partial charge on any atom is 0.227 e. The highest BCUT2D eigenvalue weighted by Gasteiger charge is 2.38. The van der Waals surface area contributed by atoms with E-state index in [4.69, 9.17) is 14.6 Å². The fourth-order valence-corrected chi connectivity index (χ4v) is 5.45. The first-order valence-electron chi connectivity index (χ1n) is 14.3. The fraction of sp³-hybridized carbons (Fsp3) is 0.581. The van der Waals surface area contributed by atoms with E-state index in [9.17, 15) is 9.90 Å². The Hall–Kier alpha value is -2.65. The number of nitrogens with one attached hydrogen (secondary N) is 1. The van der Waals surface area contributed by atoms with Crippen molar-refractivity contribution in [3.05, 3.63) is 59.7 Å². The number of ether oxygens (including phenoxy) is 2. The lowest BCUT2D eigenvalue weighted by Crippen LogP contribution is -2.44. The van der Waals surface area contributed by atoms with Crippen LogP contribution in [-0.2, 0) is 11.2 Å². The zero-order chi connectivity index (χ0) is 27.8. The summed E-state index contributed by atoms with van der Waals surface area (Å²) in [6.07, 6.45) is 2.33. The normalized spacial score (nSPS) is 19.9. The summed E-state index contributed by atoms with van der Waals surface area (Å²) in [4.78, 5) is 17.6. The van der Waals surface area contributed by atoms with Crippen LogP contribution < -0.4 is 14.8 Å². The summed E-state index contributed by atoms with van der Waals surface area (Å²) in [5, 5.41) is 24.1. The molecule has 3 N–H and O–H groups in total. The van der Waals surface area contributed by atoms with Crippen LogP contribution in [0.1, 0.15) is 50.5 Å². The van der Waals surface area contributed by atoms with Crippen LogP contribution in [0.4, 0.5) is 0 Å². The third-order valence-corrected chi connectivity index (χ3v) is 7.89. The maximum atomic E-state index is 13.3. The summed E-state index contributed by atoms with van der Waals surface area (Å²) in [5.41, 5.74) is 1.80. The Kier molecular flexibility index (Phi) is 10.6. The molecule has 2 aliphatic rings. The highest BCUT2D eigenvalue weighted by atomic mass is 16.5. The minimum absolute atomic E-state index is 0.0539. The zero-order valence-corrected chi connectivity index (χ0v) is 23.6. The Morgan fingerprint density at radius 1 is 1.05 bits per heavy atom. The number of rotatable bonds is 15. The molecule has 3 atom stereocenters. The SMILES string of the molecule is COc1ccc(C(O)N(C[C@@H]2CNC[C@H]2CN(C(=O)Cc2ccccc2)C2CC2)C(C)C)cc1OCCCO. The van der Waals surface area contributed by atoms with Gasteiger partial charge in [0.25, 0.3) is 0 Å². The third-order valence-electron chi connectivity index (χ3n) is 7.89. The van der Waals surface area contributed by atoms with Gasteiger partial charge in [0.05, 0.1) is 20.1 Å². The van der Waals surface area contributed by atoms with Gasteiger partial charge in [0, 0.05) is 44.7 Å². The van der Waals surface area contributed by atoms with Crippen molar-refractivity contribution >= 4 is 5.91 Å². The molecule has 1 aliphatic heterocycles. The van der Waals surface area contributed by atoms with Crippen LogP contribution in [0.2, 0.25) is 0 Å². The number of carbonyl (C=O) groups is 1. The molecule has 8 heteroatoms. The molecule has 1 unspecified atom stereocenters. The standard InChI is InChI=1S/C31H45N3O5/c1-22(2)33(31(37)24-10-13-28(38-3)29(17-24)39-15-7-14-35)20-25-18-32-19-26(25)21-34(27-11-12-27)30(36)16-23-8-5-4-6-9-23/h4-6,8-10,13,17,22,25-27,31-32,35,37H,7,11-12,14-16,18-21H2,1-3H3/t25-,26-,31?/m0/s1. The van der Waals surface area contributed by atoms with E-state index in [-0.39, 0.29) is 18.6 Å². The average molecular weight is 540 g/mol. The largest absolute Gasteiger partial charge is 0.493 e. The van der Waals surface area contributed by atoms with E-state index in [1.54, 1.807) is 7.11 Å². The van der Waals surface area contributed by atoms with Crippen LogP contribution in [0.5, 0.6) is 11.5 Å². The van der Waals surface area contributed by atoms with Gasteiger partial charge < -0.3 is 29.9 Å². The van der Waals surface area contributed by atoms with Gasteiger partial charge in [-0.1, -0.05) is 36.4 Å². The molecule has 8 nitrogen and oxygen atoms in total. The molecule has 0 spiro atoms. The molecule has 0 aromatic heterocycles. The first-order valence-corrected chi connectivity index (χ1v) is 14.3.